The average Bonchev–Trinajstić information content (AvgIpc) is 2.53. The first-order valence-corrected chi connectivity index (χ1v) is 7.56. The number of rotatable bonds is 2. The molecule has 1 aliphatic heterocycles. The van der Waals surface area contributed by atoms with E-state index in [1.165, 1.54) is 0 Å². The molecule has 2 aromatic rings. The molecule has 2 heterocycles. The third-order valence-electron chi connectivity index (χ3n) is 4.47. The number of carbonyl (C=O) groups is 1. The molecule has 2 unspecified atom stereocenters. The number of nitrogens with zero attached hydrogens (tertiary/aromatic N) is 2. The van der Waals surface area contributed by atoms with Crippen LogP contribution >= 0.6 is 0 Å². The predicted octanol–water partition coefficient (Wildman–Crippen LogP) is 2.43. The van der Waals surface area contributed by atoms with Crippen molar-refractivity contribution < 1.29 is 4.79 Å². The molecule has 1 aromatic carbocycles. The first-order valence-electron chi connectivity index (χ1n) is 7.56. The maximum absolute atomic E-state index is 12.8. The summed E-state index contributed by atoms with van der Waals surface area (Å²) >= 11 is 0. The lowest BCUT2D eigenvalue weighted by Gasteiger charge is -2.39. The number of pyridine rings is 1. The second-order valence-corrected chi connectivity index (χ2v) is 5.83. The van der Waals surface area contributed by atoms with Crippen LogP contribution in [0.3, 0.4) is 0 Å². The third kappa shape index (κ3) is 2.63. The Morgan fingerprint density at radius 2 is 2.29 bits per heavy atom. The number of fused-ring (bicyclic) bond motifs is 1. The second-order valence-electron chi connectivity index (χ2n) is 5.83. The molecule has 110 valence electrons. The van der Waals surface area contributed by atoms with Gasteiger partial charge >= 0.3 is 0 Å². The van der Waals surface area contributed by atoms with Crippen molar-refractivity contribution in [2.45, 2.75) is 25.8 Å². The molecular weight excluding hydrogens is 262 g/mol. The summed E-state index contributed by atoms with van der Waals surface area (Å²) in [7, 11) is 0. The molecule has 2 N–H and O–H groups in total. The minimum Gasteiger partial charge on any atom is -0.334 e. The maximum Gasteiger partial charge on any atom is 0.254 e. The molecule has 0 saturated carbocycles. The zero-order valence-corrected chi connectivity index (χ0v) is 12.3. The SMILES string of the molecule is CC1CCCN(C(=O)c2ccc3ncccc3c2)C1CN. The van der Waals surface area contributed by atoms with Gasteiger partial charge in [0.25, 0.3) is 5.91 Å². The summed E-state index contributed by atoms with van der Waals surface area (Å²) in [6, 6.07) is 9.73. The van der Waals surface area contributed by atoms with Gasteiger partial charge in [0.05, 0.1) is 5.52 Å². The van der Waals surface area contributed by atoms with E-state index in [2.05, 4.69) is 11.9 Å². The monoisotopic (exact) mass is 283 g/mol. The Labute approximate surface area is 125 Å². The summed E-state index contributed by atoms with van der Waals surface area (Å²) in [5.74, 6) is 0.553. The Morgan fingerprint density at radius 1 is 1.43 bits per heavy atom. The van der Waals surface area contributed by atoms with E-state index in [1.807, 2.05) is 35.2 Å². The fraction of sp³-hybridized carbons (Fsp3) is 0.412. The fourth-order valence-electron chi connectivity index (χ4n) is 3.24. The van der Waals surface area contributed by atoms with Crippen LogP contribution in [0.4, 0.5) is 0 Å². The Bertz CT molecular complexity index is 655. The van der Waals surface area contributed by atoms with Gasteiger partial charge in [-0.2, -0.15) is 0 Å². The van der Waals surface area contributed by atoms with Crippen molar-refractivity contribution in [2.75, 3.05) is 13.1 Å². The van der Waals surface area contributed by atoms with Crippen LogP contribution in [0.1, 0.15) is 30.1 Å². The highest BCUT2D eigenvalue weighted by molar-refractivity contribution is 5.98. The molecule has 1 fully saturated rings. The summed E-state index contributed by atoms with van der Waals surface area (Å²) in [6.45, 7) is 3.51. The molecule has 0 radical (unpaired) electrons. The van der Waals surface area contributed by atoms with E-state index >= 15 is 0 Å². The van der Waals surface area contributed by atoms with Gasteiger partial charge < -0.3 is 10.6 Å². The number of amides is 1. The standard InChI is InChI=1S/C17H21N3O/c1-12-4-3-9-20(16(12)11-18)17(21)14-6-7-15-13(10-14)5-2-8-19-15/h2,5-8,10,12,16H,3-4,9,11,18H2,1H3. The highest BCUT2D eigenvalue weighted by Gasteiger charge is 2.31. The topological polar surface area (TPSA) is 59.2 Å². The second kappa shape index (κ2) is 5.82. The zero-order chi connectivity index (χ0) is 14.8. The van der Waals surface area contributed by atoms with Crippen LogP contribution in [0.25, 0.3) is 10.9 Å². The molecule has 4 nitrogen and oxygen atoms in total. The van der Waals surface area contributed by atoms with Crippen molar-refractivity contribution in [1.82, 2.24) is 9.88 Å². The summed E-state index contributed by atoms with van der Waals surface area (Å²) in [4.78, 5) is 19.1. The van der Waals surface area contributed by atoms with E-state index in [0.29, 0.717) is 12.5 Å². The number of carbonyl (C=O) groups excluding carboxylic acids is 1. The number of benzene rings is 1. The molecule has 0 spiro atoms. The van der Waals surface area contributed by atoms with Gasteiger partial charge in [0.15, 0.2) is 0 Å². The van der Waals surface area contributed by atoms with Gasteiger partial charge in [0.2, 0.25) is 0 Å². The number of aromatic nitrogens is 1. The normalized spacial score (nSPS) is 22.5. The first kappa shape index (κ1) is 14.0. The smallest absolute Gasteiger partial charge is 0.254 e. The summed E-state index contributed by atoms with van der Waals surface area (Å²) in [5.41, 5.74) is 7.53. The van der Waals surface area contributed by atoms with Crippen molar-refractivity contribution in [3.05, 3.63) is 42.1 Å². The lowest BCUT2D eigenvalue weighted by Crippen LogP contribution is -2.51. The minimum atomic E-state index is 0.0859. The van der Waals surface area contributed by atoms with Gasteiger partial charge in [0, 0.05) is 36.3 Å². The van der Waals surface area contributed by atoms with Crippen molar-refractivity contribution in [3.8, 4) is 0 Å². The molecule has 2 atom stereocenters. The van der Waals surface area contributed by atoms with E-state index in [-0.39, 0.29) is 11.9 Å². The largest absolute Gasteiger partial charge is 0.334 e. The number of likely N-dealkylation sites (tertiary alicyclic amines) is 1. The highest BCUT2D eigenvalue weighted by Crippen LogP contribution is 2.25. The van der Waals surface area contributed by atoms with Crippen molar-refractivity contribution in [1.29, 1.82) is 0 Å². The minimum absolute atomic E-state index is 0.0859. The Kier molecular flexibility index (Phi) is 3.88. The summed E-state index contributed by atoms with van der Waals surface area (Å²) in [6.07, 6.45) is 3.96. The Balaban J connectivity index is 1.91. The first-order chi connectivity index (χ1) is 10.2. The lowest BCUT2D eigenvalue weighted by molar-refractivity contribution is 0.0533. The Morgan fingerprint density at radius 3 is 3.10 bits per heavy atom. The van der Waals surface area contributed by atoms with E-state index in [0.717, 1.165) is 35.9 Å². The van der Waals surface area contributed by atoms with Crippen LogP contribution in [-0.4, -0.2) is 34.9 Å². The van der Waals surface area contributed by atoms with E-state index in [1.54, 1.807) is 6.20 Å². The molecule has 3 rings (SSSR count). The van der Waals surface area contributed by atoms with Gasteiger partial charge in [0.1, 0.15) is 0 Å². The molecular formula is C17H21N3O. The van der Waals surface area contributed by atoms with Crippen molar-refractivity contribution >= 4 is 16.8 Å². The van der Waals surface area contributed by atoms with Gasteiger partial charge in [-0.25, -0.2) is 0 Å². The van der Waals surface area contributed by atoms with Crippen LogP contribution in [-0.2, 0) is 0 Å². The van der Waals surface area contributed by atoms with Gasteiger partial charge in [-0.3, -0.25) is 9.78 Å². The van der Waals surface area contributed by atoms with Crippen LogP contribution in [0, 0.1) is 5.92 Å². The molecule has 1 aliphatic rings. The summed E-state index contributed by atoms with van der Waals surface area (Å²) < 4.78 is 0. The van der Waals surface area contributed by atoms with Crippen LogP contribution < -0.4 is 5.73 Å². The lowest BCUT2D eigenvalue weighted by atomic mass is 9.90. The number of piperidine rings is 1. The van der Waals surface area contributed by atoms with Gasteiger partial charge in [-0.15, -0.1) is 0 Å². The molecule has 1 saturated heterocycles. The number of nitrogens with two attached hydrogens (primary N) is 1. The number of hydrogen-bond donors (Lipinski definition) is 1. The molecule has 21 heavy (non-hydrogen) atoms. The van der Waals surface area contributed by atoms with Crippen molar-refractivity contribution in [3.63, 3.8) is 0 Å². The molecule has 1 aromatic heterocycles. The molecule has 1 amide bonds. The number of hydrogen-bond acceptors (Lipinski definition) is 3. The highest BCUT2D eigenvalue weighted by atomic mass is 16.2. The van der Waals surface area contributed by atoms with Crippen LogP contribution in [0.5, 0.6) is 0 Å². The molecule has 4 heteroatoms. The predicted molar refractivity (Wildman–Crippen MR) is 84.0 cm³/mol. The Hall–Kier alpha value is -1.94. The van der Waals surface area contributed by atoms with Crippen molar-refractivity contribution in [2.24, 2.45) is 11.7 Å². The zero-order valence-electron chi connectivity index (χ0n) is 12.3. The molecule has 0 aliphatic carbocycles. The third-order valence-corrected chi connectivity index (χ3v) is 4.47. The van der Waals surface area contributed by atoms with E-state index in [9.17, 15) is 4.79 Å². The molecule has 0 bridgehead atoms. The van der Waals surface area contributed by atoms with Gasteiger partial charge in [-0.05, 0) is 43.0 Å². The quantitative estimate of drug-likeness (QED) is 0.921. The van der Waals surface area contributed by atoms with Crippen LogP contribution in [0.2, 0.25) is 0 Å². The van der Waals surface area contributed by atoms with E-state index in [4.69, 9.17) is 5.73 Å². The fourth-order valence-corrected chi connectivity index (χ4v) is 3.24. The van der Waals surface area contributed by atoms with E-state index < -0.39 is 0 Å². The maximum atomic E-state index is 12.8. The average molecular weight is 283 g/mol. The van der Waals surface area contributed by atoms with Crippen LogP contribution in [0.15, 0.2) is 36.5 Å². The van der Waals surface area contributed by atoms with Gasteiger partial charge in [-0.1, -0.05) is 13.0 Å². The summed E-state index contributed by atoms with van der Waals surface area (Å²) in [5, 5.41) is 0.998.